The average molecular weight is 356 g/mol. The molecule has 2 rings (SSSR count). The number of amides is 1. The molecule has 1 aromatic carbocycles. The number of carbonyl (C=O) groups excluding carboxylic acids is 1. The van der Waals surface area contributed by atoms with Crippen molar-refractivity contribution in [1.82, 2.24) is 10.3 Å². The highest BCUT2D eigenvalue weighted by Crippen LogP contribution is 2.20. The van der Waals surface area contributed by atoms with E-state index in [-0.39, 0.29) is 18.9 Å². The van der Waals surface area contributed by atoms with Crippen LogP contribution >= 0.6 is 0 Å². The number of aromatic nitrogens is 1. The first-order valence-electron chi connectivity index (χ1n) is 7.77. The van der Waals surface area contributed by atoms with Gasteiger partial charge in [0.25, 0.3) is 0 Å². The van der Waals surface area contributed by atoms with Crippen LogP contribution in [0.5, 0.6) is 0 Å². The minimum Gasteiger partial charge on any atom is -0.441 e. The van der Waals surface area contributed by atoms with E-state index in [1.165, 1.54) is 0 Å². The summed E-state index contributed by atoms with van der Waals surface area (Å²) in [5.41, 5.74) is 0.890. The summed E-state index contributed by atoms with van der Waals surface area (Å²) in [6, 6.07) is 8.92. The fourth-order valence-corrected chi connectivity index (χ4v) is 2.12. The molecule has 0 unspecified atom stereocenters. The van der Waals surface area contributed by atoms with Crippen molar-refractivity contribution in [2.45, 2.75) is 32.0 Å². The maximum Gasteiger partial charge on any atom is 0.411 e. The van der Waals surface area contributed by atoms with E-state index in [2.05, 4.69) is 15.0 Å². The van der Waals surface area contributed by atoms with Crippen LogP contribution in [0.1, 0.15) is 19.2 Å². The second-order valence-corrected chi connectivity index (χ2v) is 5.58. The van der Waals surface area contributed by atoms with Gasteiger partial charge in [-0.25, -0.2) is 4.98 Å². The van der Waals surface area contributed by atoms with Gasteiger partial charge in [0.05, 0.1) is 12.8 Å². The number of hydrogen-bond acceptors (Lipinski definition) is 4. The molecule has 2 aromatic rings. The number of carbonyl (C=O) groups is 1. The molecule has 1 heterocycles. The van der Waals surface area contributed by atoms with Crippen LogP contribution < -0.4 is 5.32 Å². The molecule has 0 aliphatic heterocycles. The zero-order chi connectivity index (χ0) is 18.3. The number of oxazole rings is 1. The van der Waals surface area contributed by atoms with Gasteiger partial charge < -0.3 is 14.5 Å². The molecule has 0 fully saturated rings. The Morgan fingerprint density at radius 1 is 1.32 bits per heavy atom. The van der Waals surface area contributed by atoms with Crippen LogP contribution in [0.15, 0.2) is 40.9 Å². The van der Waals surface area contributed by atoms with Crippen LogP contribution in [0, 0.1) is 0 Å². The fourth-order valence-electron chi connectivity index (χ4n) is 2.12. The van der Waals surface area contributed by atoms with Gasteiger partial charge in [-0.3, -0.25) is 4.79 Å². The molecule has 1 aromatic heterocycles. The number of benzene rings is 1. The Morgan fingerprint density at radius 2 is 2.04 bits per heavy atom. The summed E-state index contributed by atoms with van der Waals surface area (Å²) in [6.45, 7) is 0.0428. The third-order valence-corrected chi connectivity index (χ3v) is 3.22. The monoisotopic (exact) mass is 356 g/mol. The van der Waals surface area contributed by atoms with E-state index < -0.39 is 18.8 Å². The van der Waals surface area contributed by atoms with E-state index in [4.69, 9.17) is 4.42 Å². The Kier molecular flexibility index (Phi) is 6.58. The van der Waals surface area contributed by atoms with Crippen LogP contribution in [0.3, 0.4) is 0 Å². The smallest absolute Gasteiger partial charge is 0.411 e. The van der Waals surface area contributed by atoms with Gasteiger partial charge in [-0.2, -0.15) is 13.2 Å². The Balaban J connectivity index is 1.72. The number of alkyl halides is 3. The molecule has 5 nitrogen and oxygen atoms in total. The van der Waals surface area contributed by atoms with Crippen LogP contribution in [0.2, 0.25) is 0 Å². The Morgan fingerprint density at radius 3 is 2.72 bits per heavy atom. The lowest BCUT2D eigenvalue weighted by Crippen LogP contribution is -2.37. The number of halogens is 3. The molecule has 0 spiro atoms. The molecule has 136 valence electrons. The van der Waals surface area contributed by atoms with Crippen molar-refractivity contribution in [3.63, 3.8) is 0 Å². The van der Waals surface area contributed by atoms with Crippen molar-refractivity contribution >= 4 is 5.91 Å². The molecule has 0 bridgehead atoms. The molecule has 0 saturated carbocycles. The second-order valence-electron chi connectivity index (χ2n) is 5.58. The van der Waals surface area contributed by atoms with E-state index in [0.717, 1.165) is 5.56 Å². The zero-order valence-electron chi connectivity index (χ0n) is 13.7. The van der Waals surface area contributed by atoms with E-state index in [9.17, 15) is 18.0 Å². The number of ether oxygens (including phenoxy) is 1. The molecule has 1 amide bonds. The Labute approximate surface area is 143 Å². The molecule has 0 saturated heterocycles. The largest absolute Gasteiger partial charge is 0.441 e. The van der Waals surface area contributed by atoms with Crippen molar-refractivity contribution < 1.29 is 27.1 Å². The molecule has 0 aliphatic rings. The SMILES string of the molecule is C[C@@H](COCC(F)(F)F)NC(=O)CCc1ncc(-c2ccccc2)o1. The normalized spacial score (nSPS) is 12.8. The van der Waals surface area contributed by atoms with Crippen LogP contribution in [-0.4, -0.2) is 36.3 Å². The van der Waals surface area contributed by atoms with Gasteiger partial charge >= 0.3 is 6.18 Å². The number of aryl methyl sites for hydroxylation is 1. The van der Waals surface area contributed by atoms with Gasteiger partial charge in [0, 0.05) is 24.4 Å². The highest BCUT2D eigenvalue weighted by atomic mass is 19.4. The maximum atomic E-state index is 12.0. The third-order valence-electron chi connectivity index (χ3n) is 3.22. The third kappa shape index (κ3) is 6.96. The highest BCUT2D eigenvalue weighted by molar-refractivity contribution is 5.76. The summed E-state index contributed by atoms with van der Waals surface area (Å²) in [4.78, 5) is 15.9. The first-order valence-corrected chi connectivity index (χ1v) is 7.77. The summed E-state index contributed by atoms with van der Waals surface area (Å²) >= 11 is 0. The first-order chi connectivity index (χ1) is 11.8. The fraction of sp³-hybridized carbons (Fsp3) is 0.412. The number of hydrogen-bond donors (Lipinski definition) is 1. The Bertz CT molecular complexity index is 671. The average Bonchev–Trinajstić information content (AvgIpc) is 3.01. The van der Waals surface area contributed by atoms with Gasteiger partial charge in [0.1, 0.15) is 6.61 Å². The van der Waals surface area contributed by atoms with Crippen LogP contribution in [0.4, 0.5) is 13.2 Å². The van der Waals surface area contributed by atoms with Gasteiger partial charge in [-0.15, -0.1) is 0 Å². The molecular weight excluding hydrogens is 337 g/mol. The zero-order valence-corrected chi connectivity index (χ0v) is 13.7. The molecule has 1 atom stereocenters. The summed E-state index contributed by atoms with van der Waals surface area (Å²) in [7, 11) is 0. The first kappa shape index (κ1) is 19.0. The molecule has 0 radical (unpaired) electrons. The lowest BCUT2D eigenvalue weighted by atomic mass is 10.2. The lowest BCUT2D eigenvalue weighted by molar-refractivity contribution is -0.175. The van der Waals surface area contributed by atoms with Gasteiger partial charge in [-0.1, -0.05) is 30.3 Å². The van der Waals surface area contributed by atoms with Crippen molar-refractivity contribution in [1.29, 1.82) is 0 Å². The Hall–Kier alpha value is -2.35. The predicted octanol–water partition coefficient (Wildman–Crippen LogP) is 3.36. The predicted molar refractivity (Wildman–Crippen MR) is 84.7 cm³/mol. The number of nitrogens with zero attached hydrogens (tertiary/aromatic N) is 1. The molecule has 0 aliphatic carbocycles. The second kappa shape index (κ2) is 8.66. The molecule has 1 N–H and O–H groups in total. The standard InChI is InChI=1S/C17H19F3N2O3/c1-12(10-24-11-17(18,19)20)22-15(23)7-8-16-21-9-14(25-16)13-5-3-2-4-6-13/h2-6,9,12H,7-8,10-11H2,1H3,(H,22,23)/t12-/m0/s1. The van der Waals surface area contributed by atoms with Crippen molar-refractivity contribution in [3.05, 3.63) is 42.4 Å². The van der Waals surface area contributed by atoms with Crippen LogP contribution in [0.25, 0.3) is 11.3 Å². The van der Waals surface area contributed by atoms with Crippen LogP contribution in [-0.2, 0) is 16.0 Å². The maximum absolute atomic E-state index is 12.0. The quantitative estimate of drug-likeness (QED) is 0.788. The van der Waals surface area contributed by atoms with Crippen molar-refractivity contribution in [2.24, 2.45) is 0 Å². The number of rotatable bonds is 8. The minimum absolute atomic E-state index is 0.123. The van der Waals surface area contributed by atoms with E-state index >= 15 is 0 Å². The topological polar surface area (TPSA) is 64.4 Å². The summed E-state index contributed by atoms with van der Waals surface area (Å²) in [6.07, 6.45) is -2.35. The van der Waals surface area contributed by atoms with E-state index in [1.807, 2.05) is 30.3 Å². The number of nitrogens with one attached hydrogen (secondary N) is 1. The van der Waals surface area contributed by atoms with Crippen molar-refractivity contribution in [3.8, 4) is 11.3 Å². The summed E-state index contributed by atoms with van der Waals surface area (Å²) < 4.78 is 46.0. The molecule has 25 heavy (non-hydrogen) atoms. The van der Waals surface area contributed by atoms with Gasteiger partial charge in [0.2, 0.25) is 5.91 Å². The highest BCUT2D eigenvalue weighted by Gasteiger charge is 2.27. The van der Waals surface area contributed by atoms with Gasteiger partial charge in [-0.05, 0) is 6.92 Å². The summed E-state index contributed by atoms with van der Waals surface area (Å²) in [5, 5.41) is 2.57. The molecular formula is C17H19F3N2O3. The summed E-state index contributed by atoms with van der Waals surface area (Å²) in [5.74, 6) is 0.738. The molecule has 8 heteroatoms. The van der Waals surface area contributed by atoms with E-state index in [1.54, 1.807) is 13.1 Å². The van der Waals surface area contributed by atoms with E-state index in [0.29, 0.717) is 18.1 Å². The van der Waals surface area contributed by atoms with Gasteiger partial charge in [0.15, 0.2) is 11.7 Å². The minimum atomic E-state index is -4.37. The van der Waals surface area contributed by atoms with Crippen molar-refractivity contribution in [2.75, 3.05) is 13.2 Å². The lowest BCUT2D eigenvalue weighted by Gasteiger charge is -2.14.